The maximum atomic E-state index is 5.79. The van der Waals surface area contributed by atoms with Crippen LogP contribution in [0.3, 0.4) is 0 Å². The molecular weight excluding hydrogens is 264 g/mol. The summed E-state index contributed by atoms with van der Waals surface area (Å²) in [6.45, 7) is 3.95. The number of anilines is 1. The Morgan fingerprint density at radius 1 is 1.48 bits per heavy atom. The number of hydrogen-bond acceptors (Lipinski definition) is 4. The SMILES string of the molecule is CN(CCc1nc2ccc(N)cc2[nH]1)CC1CCCOC1. The molecule has 1 aliphatic rings. The molecule has 2 heterocycles. The number of ether oxygens (including phenoxy) is 1. The third-order valence-electron chi connectivity index (χ3n) is 4.11. The molecule has 3 rings (SSSR count). The van der Waals surface area contributed by atoms with Crippen molar-refractivity contribution in [3.8, 4) is 0 Å². The predicted octanol–water partition coefficient (Wildman–Crippen LogP) is 2.05. The summed E-state index contributed by atoms with van der Waals surface area (Å²) in [5.74, 6) is 1.71. The number of H-pyrrole nitrogens is 1. The van der Waals surface area contributed by atoms with E-state index in [0.717, 1.165) is 55.3 Å². The van der Waals surface area contributed by atoms with Crippen LogP contribution in [-0.4, -0.2) is 48.2 Å². The van der Waals surface area contributed by atoms with E-state index in [9.17, 15) is 0 Å². The molecule has 0 saturated carbocycles. The number of rotatable bonds is 5. The minimum Gasteiger partial charge on any atom is -0.399 e. The molecule has 0 aliphatic carbocycles. The number of nitrogens with zero attached hydrogens (tertiary/aromatic N) is 2. The van der Waals surface area contributed by atoms with Crippen molar-refractivity contribution in [2.24, 2.45) is 5.92 Å². The highest BCUT2D eigenvalue weighted by Gasteiger charge is 2.16. The monoisotopic (exact) mass is 288 g/mol. The smallest absolute Gasteiger partial charge is 0.108 e. The molecule has 0 radical (unpaired) electrons. The number of hydrogen-bond donors (Lipinski definition) is 2. The van der Waals surface area contributed by atoms with Crippen molar-refractivity contribution in [2.45, 2.75) is 19.3 Å². The second-order valence-corrected chi connectivity index (χ2v) is 6.06. The largest absolute Gasteiger partial charge is 0.399 e. The normalized spacial score (nSPS) is 19.4. The van der Waals surface area contributed by atoms with Gasteiger partial charge in [0.05, 0.1) is 17.6 Å². The van der Waals surface area contributed by atoms with Gasteiger partial charge in [-0.3, -0.25) is 0 Å². The van der Waals surface area contributed by atoms with Crippen LogP contribution in [-0.2, 0) is 11.2 Å². The van der Waals surface area contributed by atoms with Crippen LogP contribution in [0, 0.1) is 5.92 Å². The highest BCUT2D eigenvalue weighted by Crippen LogP contribution is 2.16. The van der Waals surface area contributed by atoms with Crippen molar-refractivity contribution in [1.82, 2.24) is 14.9 Å². The standard InChI is InChI=1S/C16H24N4O/c1-20(10-12-3-2-8-21-11-12)7-6-16-18-14-5-4-13(17)9-15(14)19-16/h4-5,9,12H,2-3,6-8,10-11,17H2,1H3,(H,18,19). The minimum absolute atomic E-state index is 0.680. The molecule has 1 atom stereocenters. The molecule has 3 N–H and O–H groups in total. The lowest BCUT2D eigenvalue weighted by molar-refractivity contribution is 0.0422. The summed E-state index contributed by atoms with van der Waals surface area (Å²) in [6.07, 6.45) is 3.41. The summed E-state index contributed by atoms with van der Waals surface area (Å²) in [7, 11) is 2.18. The van der Waals surface area contributed by atoms with Gasteiger partial charge < -0.3 is 20.4 Å². The highest BCUT2D eigenvalue weighted by molar-refractivity contribution is 5.78. The molecule has 0 bridgehead atoms. The van der Waals surface area contributed by atoms with E-state index in [1.54, 1.807) is 0 Å². The first-order chi connectivity index (χ1) is 10.2. The van der Waals surface area contributed by atoms with Crippen LogP contribution in [0.4, 0.5) is 5.69 Å². The lowest BCUT2D eigenvalue weighted by atomic mass is 10.0. The van der Waals surface area contributed by atoms with Gasteiger partial charge in [-0.15, -0.1) is 0 Å². The lowest BCUT2D eigenvalue weighted by Gasteiger charge is -2.26. The van der Waals surface area contributed by atoms with Crippen molar-refractivity contribution in [3.05, 3.63) is 24.0 Å². The summed E-state index contributed by atoms with van der Waals surface area (Å²) in [4.78, 5) is 10.3. The van der Waals surface area contributed by atoms with E-state index in [1.165, 1.54) is 12.8 Å². The fraction of sp³-hybridized carbons (Fsp3) is 0.562. The number of benzene rings is 1. The zero-order chi connectivity index (χ0) is 14.7. The Balaban J connectivity index is 1.53. The van der Waals surface area contributed by atoms with Gasteiger partial charge in [0.15, 0.2) is 0 Å². The van der Waals surface area contributed by atoms with Crippen molar-refractivity contribution < 1.29 is 4.74 Å². The molecule has 1 aliphatic heterocycles. The third-order valence-corrected chi connectivity index (χ3v) is 4.11. The van der Waals surface area contributed by atoms with E-state index in [0.29, 0.717) is 5.92 Å². The van der Waals surface area contributed by atoms with Gasteiger partial charge >= 0.3 is 0 Å². The van der Waals surface area contributed by atoms with Crippen LogP contribution >= 0.6 is 0 Å². The molecule has 1 unspecified atom stereocenters. The van der Waals surface area contributed by atoms with Gasteiger partial charge in [0, 0.05) is 31.8 Å². The second-order valence-electron chi connectivity index (χ2n) is 6.06. The van der Waals surface area contributed by atoms with Crippen molar-refractivity contribution in [1.29, 1.82) is 0 Å². The minimum atomic E-state index is 0.680. The van der Waals surface area contributed by atoms with E-state index in [1.807, 2.05) is 18.2 Å². The van der Waals surface area contributed by atoms with Gasteiger partial charge in [0.1, 0.15) is 5.82 Å². The van der Waals surface area contributed by atoms with E-state index < -0.39 is 0 Å². The summed E-state index contributed by atoms with van der Waals surface area (Å²) in [5.41, 5.74) is 8.57. The number of fused-ring (bicyclic) bond motifs is 1. The number of likely N-dealkylation sites (N-methyl/N-ethyl adjacent to an activating group) is 1. The number of nitrogens with two attached hydrogens (primary N) is 1. The molecular formula is C16H24N4O. The molecule has 1 aromatic carbocycles. The van der Waals surface area contributed by atoms with Gasteiger partial charge in [0.2, 0.25) is 0 Å². The quantitative estimate of drug-likeness (QED) is 0.826. The topological polar surface area (TPSA) is 67.2 Å². The average Bonchev–Trinajstić information content (AvgIpc) is 2.88. The number of aromatic amines is 1. The Kier molecular flexibility index (Phi) is 4.41. The maximum absolute atomic E-state index is 5.79. The zero-order valence-corrected chi connectivity index (χ0v) is 12.6. The average molecular weight is 288 g/mol. The Morgan fingerprint density at radius 2 is 2.38 bits per heavy atom. The van der Waals surface area contributed by atoms with Gasteiger partial charge in [-0.1, -0.05) is 0 Å². The van der Waals surface area contributed by atoms with Crippen LogP contribution in [0.2, 0.25) is 0 Å². The first kappa shape index (κ1) is 14.4. The highest BCUT2D eigenvalue weighted by atomic mass is 16.5. The fourth-order valence-corrected chi connectivity index (χ4v) is 2.98. The number of nitrogens with one attached hydrogen (secondary N) is 1. The summed E-state index contributed by atoms with van der Waals surface area (Å²) < 4.78 is 5.54. The van der Waals surface area contributed by atoms with Gasteiger partial charge in [-0.2, -0.15) is 0 Å². The zero-order valence-electron chi connectivity index (χ0n) is 12.6. The van der Waals surface area contributed by atoms with Crippen LogP contribution in [0.5, 0.6) is 0 Å². The van der Waals surface area contributed by atoms with Gasteiger partial charge in [-0.25, -0.2) is 4.98 Å². The Bertz CT molecular complexity index is 589. The Morgan fingerprint density at radius 3 is 3.19 bits per heavy atom. The van der Waals surface area contributed by atoms with Crippen LogP contribution in [0.1, 0.15) is 18.7 Å². The van der Waals surface area contributed by atoms with E-state index in [4.69, 9.17) is 10.5 Å². The molecule has 0 spiro atoms. The first-order valence-corrected chi connectivity index (χ1v) is 7.71. The Hall–Kier alpha value is -1.59. The molecule has 0 amide bonds. The molecule has 5 nitrogen and oxygen atoms in total. The summed E-state index contributed by atoms with van der Waals surface area (Å²) in [6, 6.07) is 5.80. The number of imidazole rings is 1. The molecule has 1 fully saturated rings. The van der Waals surface area contributed by atoms with Crippen LogP contribution in [0.15, 0.2) is 18.2 Å². The van der Waals surface area contributed by atoms with E-state index in [2.05, 4.69) is 21.9 Å². The third kappa shape index (κ3) is 3.74. The van der Waals surface area contributed by atoms with Crippen LogP contribution in [0.25, 0.3) is 11.0 Å². The summed E-state index contributed by atoms with van der Waals surface area (Å²) >= 11 is 0. The first-order valence-electron chi connectivity index (χ1n) is 7.71. The molecule has 2 aromatic rings. The maximum Gasteiger partial charge on any atom is 0.108 e. The number of nitrogen functional groups attached to an aromatic ring is 1. The molecule has 21 heavy (non-hydrogen) atoms. The molecule has 5 heteroatoms. The van der Waals surface area contributed by atoms with E-state index in [-0.39, 0.29) is 0 Å². The molecule has 1 aromatic heterocycles. The van der Waals surface area contributed by atoms with Gasteiger partial charge in [0.25, 0.3) is 0 Å². The van der Waals surface area contributed by atoms with Crippen molar-refractivity contribution in [3.63, 3.8) is 0 Å². The van der Waals surface area contributed by atoms with Gasteiger partial charge in [-0.05, 0) is 44.0 Å². The van der Waals surface area contributed by atoms with Crippen LogP contribution < -0.4 is 5.73 Å². The Labute approximate surface area is 125 Å². The lowest BCUT2D eigenvalue weighted by Crippen LogP contribution is -2.32. The fourth-order valence-electron chi connectivity index (χ4n) is 2.98. The number of aromatic nitrogens is 2. The second kappa shape index (κ2) is 6.45. The summed E-state index contributed by atoms with van der Waals surface area (Å²) in [5, 5.41) is 0. The van der Waals surface area contributed by atoms with Crippen molar-refractivity contribution in [2.75, 3.05) is 39.1 Å². The predicted molar refractivity (Wildman–Crippen MR) is 85.3 cm³/mol. The van der Waals surface area contributed by atoms with E-state index >= 15 is 0 Å². The molecule has 1 saturated heterocycles. The molecule has 114 valence electrons. The van der Waals surface area contributed by atoms with Crippen molar-refractivity contribution >= 4 is 16.7 Å².